The molecule has 1 saturated heterocycles. The van der Waals surface area contributed by atoms with Gasteiger partial charge in [-0.15, -0.1) is 11.3 Å². The lowest BCUT2D eigenvalue weighted by atomic mass is 9.92. The minimum absolute atomic E-state index is 0.0829. The molecule has 188 valence electrons. The Morgan fingerprint density at radius 1 is 1.00 bits per heavy atom. The van der Waals surface area contributed by atoms with Gasteiger partial charge in [0.25, 0.3) is 5.91 Å². The van der Waals surface area contributed by atoms with Crippen LogP contribution in [0.15, 0.2) is 53.9 Å². The number of benzene rings is 2. The molecule has 2 aromatic carbocycles. The van der Waals surface area contributed by atoms with Gasteiger partial charge in [-0.2, -0.15) is 0 Å². The second-order valence-corrected chi connectivity index (χ2v) is 11.5. The van der Waals surface area contributed by atoms with E-state index in [4.69, 9.17) is 23.2 Å². The average molecular weight is 543 g/mol. The maximum Gasteiger partial charge on any atom is 0.254 e. The van der Waals surface area contributed by atoms with E-state index >= 15 is 0 Å². The first-order valence-corrected chi connectivity index (χ1v) is 13.9. The van der Waals surface area contributed by atoms with Crippen molar-refractivity contribution < 1.29 is 9.59 Å². The lowest BCUT2D eigenvalue weighted by Crippen LogP contribution is -2.57. The van der Waals surface area contributed by atoms with Crippen molar-refractivity contribution in [3.63, 3.8) is 0 Å². The molecule has 0 bridgehead atoms. The molecule has 0 saturated carbocycles. The van der Waals surface area contributed by atoms with Crippen molar-refractivity contribution in [2.24, 2.45) is 0 Å². The van der Waals surface area contributed by atoms with Gasteiger partial charge in [0.15, 0.2) is 0 Å². The number of carbonyl (C=O) groups excluding carboxylic acids is 2. The molecule has 0 aliphatic carbocycles. The monoisotopic (exact) mass is 541 g/mol. The van der Waals surface area contributed by atoms with Gasteiger partial charge >= 0.3 is 0 Å². The highest BCUT2D eigenvalue weighted by Crippen LogP contribution is 2.37. The number of nitrogens with zero attached hydrogens (tertiary/aromatic N) is 3. The van der Waals surface area contributed by atoms with Crippen LogP contribution in [0.25, 0.3) is 0 Å². The van der Waals surface area contributed by atoms with Crippen LogP contribution in [0.2, 0.25) is 10.0 Å². The fraction of sp³-hybridized carbons (Fsp3) is 0.357. The van der Waals surface area contributed by atoms with Gasteiger partial charge in [-0.05, 0) is 61.0 Å². The zero-order chi connectivity index (χ0) is 25.4. The smallest absolute Gasteiger partial charge is 0.254 e. The molecule has 2 aliphatic heterocycles. The summed E-state index contributed by atoms with van der Waals surface area (Å²) < 4.78 is 0. The highest BCUT2D eigenvalue weighted by atomic mass is 35.5. The Morgan fingerprint density at radius 3 is 2.50 bits per heavy atom. The Bertz CT molecular complexity index is 1280. The van der Waals surface area contributed by atoms with Crippen molar-refractivity contribution in [3.05, 3.63) is 91.1 Å². The van der Waals surface area contributed by atoms with E-state index in [0.717, 1.165) is 13.0 Å². The third-order valence-corrected chi connectivity index (χ3v) is 8.94. The average Bonchev–Trinajstić information content (AvgIpc) is 3.35. The predicted molar refractivity (Wildman–Crippen MR) is 146 cm³/mol. The summed E-state index contributed by atoms with van der Waals surface area (Å²) >= 11 is 13.9. The first-order chi connectivity index (χ1) is 17.3. The number of hydrogen-bond donors (Lipinski definition) is 0. The number of thiophene rings is 1. The summed E-state index contributed by atoms with van der Waals surface area (Å²) in [6, 6.07) is 15.8. The standard InChI is InChI=1S/C28H29Cl2N3O2S/c1-18-3-5-20(6-4-18)27-22-10-14-36-25(22)9-11-32(27)17-26(34)31-12-13-33(19(2)16-31)28(35)21-7-8-23(29)24(30)15-21/h3-8,10,14-15,19,27H,9,11-13,16-17H2,1-2H3/t19-,27+/m1/s1. The zero-order valence-electron chi connectivity index (χ0n) is 20.4. The van der Waals surface area contributed by atoms with Crippen LogP contribution in [-0.2, 0) is 11.2 Å². The maximum atomic E-state index is 13.5. The number of piperazine rings is 1. The first-order valence-electron chi connectivity index (χ1n) is 12.2. The molecule has 5 rings (SSSR count). The minimum Gasteiger partial charge on any atom is -0.338 e. The third kappa shape index (κ3) is 5.05. The van der Waals surface area contributed by atoms with E-state index in [1.807, 2.05) is 16.7 Å². The topological polar surface area (TPSA) is 43.9 Å². The Kier molecular flexibility index (Phi) is 7.40. The SMILES string of the molecule is Cc1ccc([C@H]2c3ccsc3CCN2CC(=O)N2CCN(C(=O)c3ccc(Cl)c(Cl)c3)[C@H](C)C2)cc1. The number of hydrogen-bond acceptors (Lipinski definition) is 4. The molecule has 1 aromatic heterocycles. The minimum atomic E-state index is -0.0950. The summed E-state index contributed by atoms with van der Waals surface area (Å²) in [6.07, 6.45) is 0.963. The number of halogens is 2. The molecule has 2 aliphatic rings. The van der Waals surface area contributed by atoms with E-state index in [0.29, 0.717) is 41.8 Å². The van der Waals surface area contributed by atoms with Gasteiger partial charge in [-0.25, -0.2) is 0 Å². The van der Waals surface area contributed by atoms with Crippen LogP contribution in [0.5, 0.6) is 0 Å². The van der Waals surface area contributed by atoms with Crippen LogP contribution in [0.3, 0.4) is 0 Å². The third-order valence-electron chi connectivity index (χ3n) is 7.20. The fourth-order valence-electron chi connectivity index (χ4n) is 5.23. The normalized spacial score (nSPS) is 20.3. The Hall–Kier alpha value is -2.38. The van der Waals surface area contributed by atoms with Crippen LogP contribution >= 0.6 is 34.5 Å². The molecule has 2 atom stereocenters. The lowest BCUT2D eigenvalue weighted by Gasteiger charge is -2.42. The fourth-order valence-corrected chi connectivity index (χ4v) is 6.43. The van der Waals surface area contributed by atoms with E-state index in [9.17, 15) is 9.59 Å². The Morgan fingerprint density at radius 2 is 1.78 bits per heavy atom. The molecule has 0 N–H and O–H groups in total. The molecule has 0 unspecified atom stereocenters. The number of aryl methyl sites for hydroxylation is 1. The molecular formula is C28H29Cl2N3O2S. The number of carbonyl (C=O) groups is 2. The Labute approximate surface area is 226 Å². The molecule has 0 radical (unpaired) electrons. The highest BCUT2D eigenvalue weighted by Gasteiger charge is 2.34. The predicted octanol–water partition coefficient (Wildman–Crippen LogP) is 5.68. The van der Waals surface area contributed by atoms with E-state index in [1.165, 1.54) is 21.6 Å². The van der Waals surface area contributed by atoms with Crippen molar-refractivity contribution in [1.29, 1.82) is 0 Å². The van der Waals surface area contributed by atoms with E-state index in [1.54, 1.807) is 29.5 Å². The number of rotatable bonds is 4. The van der Waals surface area contributed by atoms with E-state index in [2.05, 4.69) is 47.5 Å². The quantitative estimate of drug-likeness (QED) is 0.426. The largest absolute Gasteiger partial charge is 0.338 e. The molecule has 0 spiro atoms. The number of fused-ring (bicyclic) bond motifs is 1. The van der Waals surface area contributed by atoms with Gasteiger partial charge in [0, 0.05) is 42.7 Å². The molecule has 1 fully saturated rings. The van der Waals surface area contributed by atoms with Crippen molar-refractivity contribution >= 4 is 46.4 Å². The molecule has 36 heavy (non-hydrogen) atoms. The van der Waals surface area contributed by atoms with Crippen molar-refractivity contribution in [2.45, 2.75) is 32.4 Å². The molecular weight excluding hydrogens is 513 g/mol. The molecule has 2 amide bonds. The second kappa shape index (κ2) is 10.5. The lowest BCUT2D eigenvalue weighted by molar-refractivity contribution is -0.135. The summed E-state index contributed by atoms with van der Waals surface area (Å²) in [4.78, 5) is 34.0. The maximum absolute atomic E-state index is 13.5. The van der Waals surface area contributed by atoms with E-state index in [-0.39, 0.29) is 23.9 Å². The summed E-state index contributed by atoms with van der Waals surface area (Å²) in [5, 5.41) is 2.94. The first kappa shape index (κ1) is 25.3. The molecule has 3 aromatic rings. The van der Waals surface area contributed by atoms with Gasteiger partial charge < -0.3 is 9.80 Å². The summed E-state index contributed by atoms with van der Waals surface area (Å²) in [7, 11) is 0. The molecule has 3 heterocycles. The van der Waals surface area contributed by atoms with Crippen LogP contribution in [-0.4, -0.2) is 65.3 Å². The van der Waals surface area contributed by atoms with Gasteiger partial charge in [-0.1, -0.05) is 53.0 Å². The van der Waals surface area contributed by atoms with Crippen LogP contribution in [0.1, 0.15) is 44.9 Å². The van der Waals surface area contributed by atoms with Crippen LogP contribution in [0, 0.1) is 6.92 Å². The van der Waals surface area contributed by atoms with Crippen molar-refractivity contribution in [2.75, 3.05) is 32.7 Å². The van der Waals surface area contributed by atoms with Crippen molar-refractivity contribution in [3.8, 4) is 0 Å². The molecule has 8 heteroatoms. The summed E-state index contributed by atoms with van der Waals surface area (Å²) in [5.41, 5.74) is 4.27. The summed E-state index contributed by atoms with van der Waals surface area (Å²) in [5.74, 6) is 0.0212. The second-order valence-electron chi connectivity index (χ2n) is 9.65. The van der Waals surface area contributed by atoms with Gasteiger partial charge in [0.1, 0.15) is 0 Å². The zero-order valence-corrected chi connectivity index (χ0v) is 22.7. The van der Waals surface area contributed by atoms with Gasteiger partial charge in [-0.3, -0.25) is 14.5 Å². The van der Waals surface area contributed by atoms with Crippen LogP contribution < -0.4 is 0 Å². The molecule has 5 nitrogen and oxygen atoms in total. The van der Waals surface area contributed by atoms with Gasteiger partial charge in [0.05, 0.1) is 22.6 Å². The highest BCUT2D eigenvalue weighted by molar-refractivity contribution is 7.10. The van der Waals surface area contributed by atoms with Crippen molar-refractivity contribution in [1.82, 2.24) is 14.7 Å². The van der Waals surface area contributed by atoms with E-state index < -0.39 is 0 Å². The number of amides is 2. The summed E-state index contributed by atoms with van der Waals surface area (Å²) in [6.45, 7) is 6.81. The van der Waals surface area contributed by atoms with Gasteiger partial charge in [0.2, 0.25) is 5.91 Å². The Balaban J connectivity index is 1.27. The van der Waals surface area contributed by atoms with Crippen LogP contribution in [0.4, 0.5) is 0 Å².